The Kier molecular flexibility index (Phi) is 6.44. The summed E-state index contributed by atoms with van der Waals surface area (Å²) in [6.45, 7) is 9.82. The van der Waals surface area contributed by atoms with Crippen molar-refractivity contribution in [1.29, 1.82) is 5.41 Å². The molecular weight excluding hydrogens is 358 g/mol. The molecule has 2 aromatic carbocycles. The lowest BCUT2D eigenvalue weighted by molar-refractivity contribution is -0.688. The molecule has 0 amide bonds. The topological polar surface area (TPSA) is 49.2 Å². The van der Waals surface area contributed by atoms with E-state index in [1.807, 2.05) is 73.1 Å². The van der Waals surface area contributed by atoms with E-state index < -0.39 is 5.92 Å². The van der Waals surface area contributed by atoms with Crippen molar-refractivity contribution in [3.05, 3.63) is 113 Å². The van der Waals surface area contributed by atoms with Crippen molar-refractivity contribution < 1.29 is 9.36 Å². The van der Waals surface area contributed by atoms with Crippen LogP contribution in [0.2, 0.25) is 0 Å². The predicted molar refractivity (Wildman–Crippen MR) is 115 cm³/mol. The minimum absolute atomic E-state index is 0.0678. The van der Waals surface area contributed by atoms with Gasteiger partial charge in [-0.3, -0.25) is 4.79 Å². The number of benzene rings is 2. The standard InChI is InChI=1S/C25H22N3O/c1-19(29)24(17-26)22-8-10-23(11-9-22)25(27-2)16-20-12-14-28(15-13-20)18-21-6-4-3-5-7-21/h3-17,24,26H,18H2,1H3/q+1/b25-16-,26-17?. The molecule has 1 aromatic heterocycles. The summed E-state index contributed by atoms with van der Waals surface area (Å²) in [6.07, 6.45) is 7.02. The number of pyridine rings is 1. The highest BCUT2D eigenvalue weighted by Gasteiger charge is 2.14. The van der Waals surface area contributed by atoms with Gasteiger partial charge in [0.15, 0.2) is 24.6 Å². The molecule has 0 radical (unpaired) electrons. The van der Waals surface area contributed by atoms with Crippen molar-refractivity contribution in [2.24, 2.45) is 0 Å². The van der Waals surface area contributed by atoms with E-state index in [0.717, 1.165) is 29.4 Å². The second-order valence-corrected chi connectivity index (χ2v) is 6.81. The van der Waals surface area contributed by atoms with Gasteiger partial charge in [-0.25, -0.2) is 9.41 Å². The Morgan fingerprint density at radius 2 is 1.72 bits per heavy atom. The average molecular weight is 380 g/mol. The molecule has 0 aliphatic rings. The second kappa shape index (κ2) is 9.38. The smallest absolute Gasteiger partial charge is 0.194 e. The monoisotopic (exact) mass is 380 g/mol. The van der Waals surface area contributed by atoms with E-state index in [1.165, 1.54) is 12.5 Å². The van der Waals surface area contributed by atoms with Gasteiger partial charge in [0, 0.05) is 23.9 Å². The first kappa shape index (κ1) is 19.9. The Morgan fingerprint density at radius 1 is 1.07 bits per heavy atom. The molecular formula is C25H22N3O+. The SMILES string of the molecule is [C-]#[N+]/C(=C\c1cc[n+](Cc2ccccc2)cc1)c1ccc(C(C=N)C(C)=O)cc1. The van der Waals surface area contributed by atoms with Gasteiger partial charge < -0.3 is 5.41 Å². The van der Waals surface area contributed by atoms with Crippen LogP contribution in [0.5, 0.6) is 0 Å². The van der Waals surface area contributed by atoms with Crippen LogP contribution < -0.4 is 4.57 Å². The third kappa shape index (κ3) is 5.12. The number of carbonyl (C=O) groups is 1. The lowest BCUT2D eigenvalue weighted by atomic mass is 9.95. The van der Waals surface area contributed by atoms with Crippen LogP contribution in [0.4, 0.5) is 0 Å². The van der Waals surface area contributed by atoms with Crippen molar-refractivity contribution in [2.75, 3.05) is 0 Å². The summed E-state index contributed by atoms with van der Waals surface area (Å²) in [7, 11) is 0. The number of ketones is 1. The Bertz CT molecular complexity index is 1060. The van der Waals surface area contributed by atoms with Gasteiger partial charge in [0.25, 0.3) is 0 Å². The molecule has 1 heterocycles. The number of rotatable bonds is 7. The normalized spacial score (nSPS) is 12.1. The number of hydrogen-bond acceptors (Lipinski definition) is 2. The average Bonchev–Trinajstić information content (AvgIpc) is 2.75. The number of nitrogens with zero attached hydrogens (tertiary/aromatic N) is 2. The Labute approximate surface area is 171 Å². The van der Waals surface area contributed by atoms with E-state index >= 15 is 0 Å². The minimum atomic E-state index is -0.529. The Hall–Kier alpha value is -3.84. The summed E-state index contributed by atoms with van der Waals surface area (Å²) >= 11 is 0. The third-order valence-electron chi connectivity index (χ3n) is 4.72. The van der Waals surface area contributed by atoms with Crippen molar-refractivity contribution >= 4 is 23.8 Å². The first-order chi connectivity index (χ1) is 14.1. The fraction of sp³-hybridized carbons (Fsp3) is 0.120. The summed E-state index contributed by atoms with van der Waals surface area (Å²) < 4.78 is 2.10. The molecule has 0 spiro atoms. The first-order valence-electron chi connectivity index (χ1n) is 9.34. The van der Waals surface area contributed by atoms with E-state index in [-0.39, 0.29) is 5.78 Å². The zero-order chi connectivity index (χ0) is 20.6. The second-order valence-electron chi connectivity index (χ2n) is 6.81. The molecule has 1 unspecified atom stereocenters. The van der Waals surface area contributed by atoms with Crippen molar-refractivity contribution in [3.63, 3.8) is 0 Å². The third-order valence-corrected chi connectivity index (χ3v) is 4.72. The fourth-order valence-corrected chi connectivity index (χ4v) is 3.11. The molecule has 3 aromatic rings. The van der Waals surface area contributed by atoms with Gasteiger partial charge in [0.1, 0.15) is 5.78 Å². The summed E-state index contributed by atoms with van der Waals surface area (Å²) in [5.74, 6) is -0.597. The van der Waals surface area contributed by atoms with E-state index in [1.54, 1.807) is 0 Å². The highest BCUT2D eigenvalue weighted by Crippen LogP contribution is 2.22. The number of nitrogens with one attached hydrogen (secondary N) is 1. The van der Waals surface area contributed by atoms with Crippen LogP contribution >= 0.6 is 0 Å². The Morgan fingerprint density at radius 3 is 2.28 bits per heavy atom. The maximum absolute atomic E-state index is 11.6. The van der Waals surface area contributed by atoms with Gasteiger partial charge >= 0.3 is 0 Å². The van der Waals surface area contributed by atoms with Gasteiger partial charge in [0.2, 0.25) is 0 Å². The summed E-state index contributed by atoms with van der Waals surface area (Å²) in [6, 6.07) is 21.5. The molecule has 1 N–H and O–H groups in total. The van der Waals surface area contributed by atoms with Crippen molar-refractivity contribution in [2.45, 2.75) is 19.4 Å². The van der Waals surface area contributed by atoms with E-state index in [0.29, 0.717) is 5.70 Å². The van der Waals surface area contributed by atoms with E-state index in [9.17, 15) is 4.79 Å². The van der Waals surface area contributed by atoms with Crippen molar-refractivity contribution in [3.8, 4) is 0 Å². The van der Waals surface area contributed by atoms with Crippen LogP contribution in [-0.2, 0) is 11.3 Å². The van der Waals surface area contributed by atoms with Crippen molar-refractivity contribution in [1.82, 2.24) is 0 Å². The number of aromatic nitrogens is 1. The van der Waals surface area contributed by atoms with Crippen LogP contribution in [0.1, 0.15) is 35.1 Å². The van der Waals surface area contributed by atoms with Crippen LogP contribution in [0.3, 0.4) is 0 Å². The molecule has 0 bridgehead atoms. The number of carbonyl (C=O) groups excluding carboxylic acids is 1. The fourth-order valence-electron chi connectivity index (χ4n) is 3.11. The van der Waals surface area contributed by atoms with Gasteiger partial charge in [-0.2, -0.15) is 0 Å². The van der Waals surface area contributed by atoms with Crippen LogP contribution in [0.15, 0.2) is 79.1 Å². The zero-order valence-corrected chi connectivity index (χ0v) is 16.2. The molecule has 0 saturated heterocycles. The lowest BCUT2D eigenvalue weighted by Gasteiger charge is -2.09. The Balaban J connectivity index is 1.78. The molecule has 0 fully saturated rings. The number of hydrogen-bond donors (Lipinski definition) is 1. The molecule has 0 aliphatic heterocycles. The molecule has 4 nitrogen and oxygen atoms in total. The minimum Gasteiger partial charge on any atom is -0.312 e. The maximum atomic E-state index is 11.6. The highest BCUT2D eigenvalue weighted by molar-refractivity contribution is 5.98. The summed E-state index contributed by atoms with van der Waals surface area (Å²) in [5, 5.41) is 7.43. The quantitative estimate of drug-likeness (QED) is 0.358. The van der Waals surface area contributed by atoms with Gasteiger partial charge in [-0.1, -0.05) is 54.6 Å². The molecule has 29 heavy (non-hydrogen) atoms. The maximum Gasteiger partial charge on any atom is 0.194 e. The number of Topliss-reactive ketones (excluding diaryl/α,β-unsaturated/α-hetero) is 1. The molecule has 4 heteroatoms. The molecule has 142 valence electrons. The largest absolute Gasteiger partial charge is 0.312 e. The van der Waals surface area contributed by atoms with E-state index in [4.69, 9.17) is 12.0 Å². The van der Waals surface area contributed by atoms with Crippen LogP contribution in [0, 0.1) is 12.0 Å². The van der Waals surface area contributed by atoms with Crippen LogP contribution in [0.25, 0.3) is 16.6 Å². The van der Waals surface area contributed by atoms with Gasteiger partial charge in [-0.15, -0.1) is 0 Å². The predicted octanol–water partition coefficient (Wildman–Crippen LogP) is 4.76. The van der Waals surface area contributed by atoms with Gasteiger partial charge in [-0.05, 0) is 29.7 Å². The first-order valence-corrected chi connectivity index (χ1v) is 9.34. The van der Waals surface area contributed by atoms with Crippen LogP contribution in [-0.4, -0.2) is 12.0 Å². The molecule has 3 rings (SSSR count). The molecule has 0 aliphatic carbocycles. The highest BCUT2D eigenvalue weighted by atomic mass is 16.1. The van der Waals surface area contributed by atoms with E-state index in [2.05, 4.69) is 21.5 Å². The zero-order valence-electron chi connectivity index (χ0n) is 16.2. The summed E-state index contributed by atoms with van der Waals surface area (Å²) in [4.78, 5) is 15.3. The molecule has 1 atom stereocenters. The molecule has 0 saturated carbocycles. The lowest BCUT2D eigenvalue weighted by Crippen LogP contribution is -2.33. The summed E-state index contributed by atoms with van der Waals surface area (Å²) in [5.41, 5.74) is 4.27. The van der Waals surface area contributed by atoms with Gasteiger partial charge in [0.05, 0.1) is 12.5 Å².